The number of aryl methyl sites for hydroxylation is 1. The van der Waals surface area contributed by atoms with Gasteiger partial charge in [-0.3, -0.25) is 4.79 Å². The van der Waals surface area contributed by atoms with Gasteiger partial charge in [0.25, 0.3) is 0 Å². The molecule has 1 aliphatic rings. The highest BCUT2D eigenvalue weighted by atomic mass is 32.2. The molecule has 0 amide bonds. The molecule has 0 bridgehead atoms. The lowest BCUT2D eigenvalue weighted by molar-refractivity contribution is 0.0993. The third kappa shape index (κ3) is 3.48. The molecule has 7 heteroatoms. The molecule has 0 aliphatic heterocycles. The summed E-state index contributed by atoms with van der Waals surface area (Å²) in [7, 11) is 1.99. The highest BCUT2D eigenvalue weighted by Crippen LogP contribution is 2.40. The normalized spacial score (nSPS) is 15.3. The van der Waals surface area contributed by atoms with Crippen molar-refractivity contribution in [2.24, 2.45) is 7.05 Å². The largest absolute Gasteiger partial charge is 0.467 e. The van der Waals surface area contributed by atoms with Gasteiger partial charge in [0.15, 0.2) is 10.9 Å². The van der Waals surface area contributed by atoms with E-state index in [4.69, 9.17) is 4.42 Å². The monoisotopic (exact) mass is 384 g/mol. The molecule has 1 aliphatic carbocycles. The van der Waals surface area contributed by atoms with Crippen LogP contribution in [0.2, 0.25) is 0 Å². The number of rotatable bonds is 7. The van der Waals surface area contributed by atoms with Crippen LogP contribution in [0.25, 0.3) is 0 Å². The number of nitrogens with zero attached hydrogens (tertiary/aromatic N) is 4. The lowest BCUT2D eigenvalue weighted by atomic mass is 10.1. The fourth-order valence-electron chi connectivity index (χ4n) is 3.41. The van der Waals surface area contributed by atoms with Crippen LogP contribution >= 0.6 is 11.8 Å². The molecule has 4 rings (SSSR count). The van der Waals surface area contributed by atoms with E-state index in [1.54, 1.807) is 6.26 Å². The minimum absolute atomic E-state index is 0.120. The van der Waals surface area contributed by atoms with Gasteiger partial charge in [-0.25, -0.2) is 0 Å². The minimum atomic E-state index is -0.225. The Bertz CT molecular complexity index is 967. The number of thioether (sulfide) groups is 1. The Kier molecular flexibility index (Phi) is 4.72. The van der Waals surface area contributed by atoms with Crippen LogP contribution in [0.1, 0.15) is 59.0 Å². The lowest BCUT2D eigenvalue weighted by Gasteiger charge is -2.11. The average Bonchev–Trinajstić information content (AvgIpc) is 3.12. The van der Waals surface area contributed by atoms with Gasteiger partial charge >= 0.3 is 0 Å². The molecule has 6 nitrogen and oxygen atoms in total. The maximum atomic E-state index is 13.1. The van der Waals surface area contributed by atoms with Gasteiger partial charge in [-0.05, 0) is 51.8 Å². The van der Waals surface area contributed by atoms with Crippen molar-refractivity contribution in [3.8, 4) is 0 Å². The highest BCUT2D eigenvalue weighted by molar-refractivity contribution is 8.00. The maximum Gasteiger partial charge on any atom is 0.191 e. The maximum absolute atomic E-state index is 13.1. The van der Waals surface area contributed by atoms with Crippen LogP contribution < -0.4 is 0 Å². The quantitative estimate of drug-likeness (QED) is 0.453. The summed E-state index contributed by atoms with van der Waals surface area (Å²) in [6, 6.07) is 5.80. The van der Waals surface area contributed by atoms with Crippen LogP contribution in [-0.4, -0.2) is 30.4 Å². The van der Waals surface area contributed by atoms with Crippen LogP contribution in [0, 0.1) is 13.8 Å². The second-order valence-electron chi connectivity index (χ2n) is 7.25. The number of furan rings is 1. The summed E-state index contributed by atoms with van der Waals surface area (Å²) in [6.45, 7) is 6.59. The number of hydrogen-bond acceptors (Lipinski definition) is 5. The van der Waals surface area contributed by atoms with E-state index in [1.165, 1.54) is 24.6 Å². The van der Waals surface area contributed by atoms with Crippen molar-refractivity contribution in [2.45, 2.75) is 56.5 Å². The Morgan fingerprint density at radius 1 is 1.37 bits per heavy atom. The molecule has 0 spiro atoms. The van der Waals surface area contributed by atoms with Crippen molar-refractivity contribution in [3.63, 3.8) is 0 Å². The van der Waals surface area contributed by atoms with Gasteiger partial charge in [0, 0.05) is 29.9 Å². The molecule has 0 radical (unpaired) electrons. The molecular weight excluding hydrogens is 360 g/mol. The van der Waals surface area contributed by atoms with E-state index < -0.39 is 0 Å². The van der Waals surface area contributed by atoms with Gasteiger partial charge in [0.2, 0.25) is 0 Å². The van der Waals surface area contributed by atoms with Crippen LogP contribution in [0.4, 0.5) is 0 Å². The second-order valence-corrected chi connectivity index (χ2v) is 8.56. The molecule has 1 unspecified atom stereocenters. The predicted octanol–water partition coefficient (Wildman–Crippen LogP) is 4.12. The van der Waals surface area contributed by atoms with Crippen LogP contribution in [-0.2, 0) is 13.6 Å². The number of aromatic nitrogens is 4. The molecule has 1 atom stereocenters. The minimum Gasteiger partial charge on any atom is -0.467 e. The Morgan fingerprint density at radius 2 is 2.15 bits per heavy atom. The Morgan fingerprint density at radius 3 is 2.81 bits per heavy atom. The van der Waals surface area contributed by atoms with Gasteiger partial charge in [-0.2, -0.15) is 0 Å². The summed E-state index contributed by atoms with van der Waals surface area (Å²) in [5.41, 5.74) is 2.79. The molecule has 142 valence electrons. The Labute approximate surface area is 163 Å². The van der Waals surface area contributed by atoms with Crippen molar-refractivity contribution in [2.75, 3.05) is 0 Å². The van der Waals surface area contributed by atoms with Gasteiger partial charge in [0.1, 0.15) is 11.6 Å². The molecule has 1 saturated carbocycles. The van der Waals surface area contributed by atoms with Crippen LogP contribution in [0.15, 0.2) is 34.0 Å². The summed E-state index contributed by atoms with van der Waals surface area (Å²) in [6.07, 6.45) is 4.05. The number of Topliss-reactive ketones (excluding diaryl/α,β-unsaturated/α-hetero) is 1. The third-order valence-electron chi connectivity index (χ3n) is 5.20. The lowest BCUT2D eigenvalue weighted by Crippen LogP contribution is -2.16. The highest BCUT2D eigenvalue weighted by Gasteiger charge is 2.30. The Balaban J connectivity index is 1.52. The summed E-state index contributed by atoms with van der Waals surface area (Å²) < 4.78 is 9.61. The number of hydrogen-bond donors (Lipinski definition) is 0. The molecule has 0 aromatic carbocycles. The van der Waals surface area contributed by atoms with E-state index in [-0.39, 0.29) is 11.0 Å². The Hall–Kier alpha value is -2.28. The average molecular weight is 385 g/mol. The molecule has 1 fully saturated rings. The molecule has 3 aromatic heterocycles. The zero-order valence-corrected chi connectivity index (χ0v) is 16.9. The summed E-state index contributed by atoms with van der Waals surface area (Å²) in [4.78, 5) is 13.1. The SMILES string of the molecule is Cc1cc(C(=O)C(C)Sc2nnc(C3CC3)n2C)c(C)n1Cc1ccco1. The second kappa shape index (κ2) is 7.03. The number of ketones is 1. The van der Waals surface area contributed by atoms with Crippen molar-refractivity contribution < 1.29 is 9.21 Å². The van der Waals surface area contributed by atoms with Crippen LogP contribution in [0.3, 0.4) is 0 Å². The molecule has 3 heterocycles. The fourth-order valence-corrected chi connectivity index (χ4v) is 4.30. The van der Waals surface area contributed by atoms with Crippen molar-refractivity contribution in [1.29, 1.82) is 0 Å². The first kappa shape index (κ1) is 18.1. The summed E-state index contributed by atoms with van der Waals surface area (Å²) >= 11 is 1.48. The van der Waals surface area contributed by atoms with E-state index in [9.17, 15) is 4.79 Å². The van der Waals surface area contributed by atoms with Gasteiger partial charge in [-0.15, -0.1) is 10.2 Å². The molecule has 0 saturated heterocycles. The molecular formula is C20H24N4O2S. The number of carbonyl (C=O) groups is 1. The zero-order chi connectivity index (χ0) is 19.1. The topological polar surface area (TPSA) is 65.8 Å². The van der Waals surface area contributed by atoms with Gasteiger partial charge < -0.3 is 13.6 Å². The summed E-state index contributed by atoms with van der Waals surface area (Å²) in [5.74, 6) is 2.58. The first-order valence-electron chi connectivity index (χ1n) is 9.25. The standard InChI is InChI=1S/C20H24N4O2S/c1-12-10-17(13(2)24(12)11-16-6-5-9-26-16)18(25)14(3)27-20-22-21-19(23(20)4)15-7-8-15/h5-6,9-10,14-15H,7-8,11H2,1-4H3. The van der Waals surface area contributed by atoms with Crippen molar-refractivity contribution >= 4 is 17.5 Å². The summed E-state index contributed by atoms with van der Waals surface area (Å²) in [5, 5.41) is 9.18. The predicted molar refractivity (Wildman–Crippen MR) is 104 cm³/mol. The van der Waals surface area contributed by atoms with Crippen LogP contribution in [0.5, 0.6) is 0 Å². The number of carbonyl (C=O) groups excluding carboxylic acids is 1. The smallest absolute Gasteiger partial charge is 0.191 e. The van der Waals surface area contributed by atoms with E-state index in [1.807, 2.05) is 50.6 Å². The van der Waals surface area contributed by atoms with Crippen molar-refractivity contribution in [3.05, 3.63) is 53.0 Å². The first-order chi connectivity index (χ1) is 13.0. The van der Waals surface area contributed by atoms with E-state index in [0.29, 0.717) is 12.5 Å². The van der Waals surface area contributed by atoms with Gasteiger partial charge in [0.05, 0.1) is 18.1 Å². The molecule has 0 N–H and O–H groups in total. The van der Waals surface area contributed by atoms with Gasteiger partial charge in [-0.1, -0.05) is 11.8 Å². The molecule has 27 heavy (non-hydrogen) atoms. The van der Waals surface area contributed by atoms with E-state index >= 15 is 0 Å². The zero-order valence-electron chi connectivity index (χ0n) is 16.1. The fraction of sp³-hybridized carbons (Fsp3) is 0.450. The third-order valence-corrected chi connectivity index (χ3v) is 6.33. The van der Waals surface area contributed by atoms with Crippen molar-refractivity contribution in [1.82, 2.24) is 19.3 Å². The van der Waals surface area contributed by atoms with E-state index in [2.05, 4.69) is 14.8 Å². The molecule has 3 aromatic rings. The first-order valence-corrected chi connectivity index (χ1v) is 10.1. The van der Waals surface area contributed by atoms with E-state index in [0.717, 1.165) is 33.7 Å².